The summed E-state index contributed by atoms with van der Waals surface area (Å²) in [6.07, 6.45) is 1.37. The molecule has 60 valence electrons. The molecule has 0 unspecified atom stereocenters. The van der Waals surface area contributed by atoms with Gasteiger partial charge in [-0.05, 0) is 26.1 Å². The van der Waals surface area contributed by atoms with Gasteiger partial charge in [-0.15, -0.1) is 0 Å². The normalized spacial score (nSPS) is 24.9. The van der Waals surface area contributed by atoms with Crippen LogP contribution in [-0.2, 0) is 0 Å². The third kappa shape index (κ3) is 1.96. The lowest BCUT2D eigenvalue weighted by molar-refractivity contribution is 0.224. The Kier molecular flexibility index (Phi) is 3.16. The molecule has 1 rings (SSSR count). The Morgan fingerprint density at radius 2 is 2.00 bits per heavy atom. The largest absolute Gasteiger partial charge is 0.313 e. The molecular formula is C8H18N2. The van der Waals surface area contributed by atoms with Gasteiger partial charge in [-0.2, -0.15) is 0 Å². The number of rotatable bonds is 4. The lowest BCUT2D eigenvalue weighted by atomic mass is 10.1. The van der Waals surface area contributed by atoms with Crippen LogP contribution in [0.3, 0.4) is 0 Å². The van der Waals surface area contributed by atoms with E-state index in [0.717, 1.165) is 6.04 Å². The predicted molar refractivity (Wildman–Crippen MR) is 44.2 cm³/mol. The van der Waals surface area contributed by atoms with E-state index in [1.807, 2.05) is 0 Å². The molecule has 1 fully saturated rings. The van der Waals surface area contributed by atoms with Crippen LogP contribution < -0.4 is 5.32 Å². The van der Waals surface area contributed by atoms with Crippen LogP contribution >= 0.6 is 0 Å². The maximum atomic E-state index is 3.40. The Labute approximate surface area is 63.6 Å². The highest BCUT2D eigenvalue weighted by molar-refractivity contribution is 4.79. The Hall–Kier alpha value is -0.0800. The predicted octanol–water partition coefficient (Wildman–Crippen LogP) is 0.690. The molecule has 0 spiro atoms. The van der Waals surface area contributed by atoms with Gasteiger partial charge in [0.25, 0.3) is 0 Å². The molecule has 0 aromatic heterocycles. The first kappa shape index (κ1) is 8.02. The molecule has 1 N–H and O–H groups in total. The zero-order valence-corrected chi connectivity index (χ0v) is 7.06. The van der Waals surface area contributed by atoms with Crippen LogP contribution in [0.15, 0.2) is 0 Å². The first-order valence-corrected chi connectivity index (χ1v) is 4.32. The smallest absolute Gasteiger partial charge is 0.0207 e. The third-order valence-electron chi connectivity index (χ3n) is 2.30. The van der Waals surface area contributed by atoms with Crippen molar-refractivity contribution in [1.29, 1.82) is 0 Å². The van der Waals surface area contributed by atoms with E-state index in [2.05, 4.69) is 24.1 Å². The highest BCUT2D eigenvalue weighted by Gasteiger charge is 2.17. The fourth-order valence-electron chi connectivity index (χ4n) is 1.30. The van der Waals surface area contributed by atoms with E-state index in [1.165, 1.54) is 32.6 Å². The molecule has 0 amide bonds. The number of hydrogen-bond donors (Lipinski definition) is 1. The lowest BCUT2D eigenvalue weighted by Crippen LogP contribution is -2.50. The van der Waals surface area contributed by atoms with E-state index in [4.69, 9.17) is 0 Å². The Morgan fingerprint density at radius 3 is 2.30 bits per heavy atom. The summed E-state index contributed by atoms with van der Waals surface area (Å²) in [6, 6.07) is 0.792. The van der Waals surface area contributed by atoms with Gasteiger partial charge in [-0.1, -0.05) is 13.8 Å². The van der Waals surface area contributed by atoms with E-state index in [1.54, 1.807) is 0 Å². The number of nitrogens with one attached hydrogen (secondary N) is 1. The molecule has 2 nitrogen and oxygen atoms in total. The van der Waals surface area contributed by atoms with E-state index >= 15 is 0 Å². The zero-order valence-electron chi connectivity index (χ0n) is 7.06. The SMILES string of the molecule is CCN(CC)C[C@H]1CCN1. The van der Waals surface area contributed by atoms with Crippen LogP contribution in [0.1, 0.15) is 20.3 Å². The first-order valence-electron chi connectivity index (χ1n) is 4.32. The second-order valence-corrected chi connectivity index (χ2v) is 2.93. The molecule has 10 heavy (non-hydrogen) atoms. The third-order valence-corrected chi connectivity index (χ3v) is 2.30. The summed E-state index contributed by atoms with van der Waals surface area (Å²) in [5, 5.41) is 3.40. The molecule has 0 aromatic carbocycles. The van der Waals surface area contributed by atoms with Gasteiger partial charge in [0.2, 0.25) is 0 Å². The highest BCUT2D eigenvalue weighted by Crippen LogP contribution is 2.03. The molecule has 2 heteroatoms. The molecule has 1 saturated heterocycles. The minimum atomic E-state index is 0.792. The van der Waals surface area contributed by atoms with Gasteiger partial charge >= 0.3 is 0 Å². The monoisotopic (exact) mass is 142 g/mol. The minimum absolute atomic E-state index is 0.792. The summed E-state index contributed by atoms with van der Waals surface area (Å²) in [5.74, 6) is 0. The standard InChI is InChI=1S/C8H18N2/c1-3-10(4-2)7-8-5-6-9-8/h8-9H,3-7H2,1-2H3/t8-/m1/s1. The summed E-state index contributed by atoms with van der Waals surface area (Å²) in [5.41, 5.74) is 0. The molecule has 0 saturated carbocycles. The number of likely N-dealkylation sites (N-methyl/N-ethyl adjacent to an activating group) is 1. The van der Waals surface area contributed by atoms with Crippen LogP contribution in [0.5, 0.6) is 0 Å². The Bertz CT molecular complexity index is 85.3. The Balaban J connectivity index is 2.08. The molecule has 1 atom stereocenters. The van der Waals surface area contributed by atoms with Crippen molar-refractivity contribution in [3.05, 3.63) is 0 Å². The summed E-state index contributed by atoms with van der Waals surface area (Å²) < 4.78 is 0. The fourth-order valence-corrected chi connectivity index (χ4v) is 1.30. The van der Waals surface area contributed by atoms with Crippen LogP contribution in [0, 0.1) is 0 Å². The van der Waals surface area contributed by atoms with E-state index < -0.39 is 0 Å². The second-order valence-electron chi connectivity index (χ2n) is 2.93. The molecule has 0 aromatic rings. The van der Waals surface area contributed by atoms with E-state index in [0.29, 0.717) is 0 Å². The van der Waals surface area contributed by atoms with Crippen LogP contribution in [0.25, 0.3) is 0 Å². The first-order chi connectivity index (χ1) is 4.86. The molecule has 0 radical (unpaired) electrons. The molecular weight excluding hydrogens is 124 g/mol. The fraction of sp³-hybridized carbons (Fsp3) is 1.00. The summed E-state index contributed by atoms with van der Waals surface area (Å²) in [4.78, 5) is 2.47. The van der Waals surface area contributed by atoms with Crippen molar-refractivity contribution in [1.82, 2.24) is 10.2 Å². The van der Waals surface area contributed by atoms with Crippen molar-refractivity contribution in [3.8, 4) is 0 Å². The topological polar surface area (TPSA) is 15.3 Å². The van der Waals surface area contributed by atoms with E-state index in [-0.39, 0.29) is 0 Å². The van der Waals surface area contributed by atoms with Crippen molar-refractivity contribution in [2.45, 2.75) is 26.3 Å². The average Bonchev–Trinajstić information content (AvgIpc) is 1.87. The van der Waals surface area contributed by atoms with Crippen molar-refractivity contribution < 1.29 is 0 Å². The van der Waals surface area contributed by atoms with Crippen molar-refractivity contribution >= 4 is 0 Å². The molecule has 0 bridgehead atoms. The molecule has 1 aliphatic heterocycles. The summed E-state index contributed by atoms with van der Waals surface area (Å²) >= 11 is 0. The van der Waals surface area contributed by atoms with Crippen LogP contribution in [-0.4, -0.2) is 37.1 Å². The quantitative estimate of drug-likeness (QED) is 0.621. The molecule has 1 aliphatic rings. The van der Waals surface area contributed by atoms with E-state index in [9.17, 15) is 0 Å². The van der Waals surface area contributed by atoms with Gasteiger partial charge in [0.05, 0.1) is 0 Å². The molecule has 0 aliphatic carbocycles. The number of hydrogen-bond acceptors (Lipinski definition) is 2. The maximum Gasteiger partial charge on any atom is 0.0207 e. The van der Waals surface area contributed by atoms with Gasteiger partial charge in [0.1, 0.15) is 0 Å². The van der Waals surface area contributed by atoms with Crippen molar-refractivity contribution in [2.24, 2.45) is 0 Å². The maximum absolute atomic E-state index is 3.40. The average molecular weight is 142 g/mol. The van der Waals surface area contributed by atoms with Gasteiger partial charge in [0.15, 0.2) is 0 Å². The second kappa shape index (κ2) is 3.94. The van der Waals surface area contributed by atoms with Gasteiger partial charge in [-0.25, -0.2) is 0 Å². The summed E-state index contributed by atoms with van der Waals surface area (Å²) in [7, 11) is 0. The van der Waals surface area contributed by atoms with Gasteiger partial charge < -0.3 is 10.2 Å². The lowest BCUT2D eigenvalue weighted by Gasteiger charge is -2.32. The van der Waals surface area contributed by atoms with Crippen molar-refractivity contribution in [2.75, 3.05) is 26.2 Å². The zero-order chi connectivity index (χ0) is 7.40. The summed E-state index contributed by atoms with van der Waals surface area (Å²) in [6.45, 7) is 9.30. The van der Waals surface area contributed by atoms with Crippen molar-refractivity contribution in [3.63, 3.8) is 0 Å². The minimum Gasteiger partial charge on any atom is -0.313 e. The van der Waals surface area contributed by atoms with Gasteiger partial charge in [0, 0.05) is 12.6 Å². The van der Waals surface area contributed by atoms with Gasteiger partial charge in [-0.3, -0.25) is 0 Å². The highest BCUT2D eigenvalue weighted by atomic mass is 15.2. The number of nitrogens with zero attached hydrogens (tertiary/aromatic N) is 1. The Morgan fingerprint density at radius 1 is 1.40 bits per heavy atom. The van der Waals surface area contributed by atoms with Crippen LogP contribution in [0.4, 0.5) is 0 Å². The van der Waals surface area contributed by atoms with Crippen LogP contribution in [0.2, 0.25) is 0 Å². The molecule has 1 heterocycles.